The molecule has 0 rings (SSSR count). The molecule has 5 nitrogen and oxygen atoms in total. The maximum absolute atomic E-state index is 10.8. The van der Waals surface area contributed by atoms with Gasteiger partial charge in [0.05, 0.1) is 7.11 Å². The van der Waals surface area contributed by atoms with Crippen molar-refractivity contribution in [3.8, 4) is 0 Å². The van der Waals surface area contributed by atoms with Crippen molar-refractivity contribution in [3.05, 3.63) is 24.4 Å². The molecule has 1 atom stereocenters. The average Bonchev–Trinajstić information content (AvgIpc) is 2.13. The lowest BCUT2D eigenvalue weighted by Crippen LogP contribution is -2.33. The lowest BCUT2D eigenvalue weighted by Gasteiger charge is -2.10. The van der Waals surface area contributed by atoms with Gasteiger partial charge in [-0.3, -0.25) is 0 Å². The van der Waals surface area contributed by atoms with Gasteiger partial charge in [-0.2, -0.15) is 0 Å². The molecule has 0 fully saturated rings. The molecule has 2 N–H and O–H groups in total. The Labute approximate surface area is 82.1 Å². The molecule has 0 aromatic carbocycles. The normalized spacial score (nSPS) is 12.9. The van der Waals surface area contributed by atoms with Crippen LogP contribution < -0.4 is 5.32 Å². The molecule has 5 heteroatoms. The van der Waals surface area contributed by atoms with Crippen LogP contribution in [0.2, 0.25) is 0 Å². The number of methoxy groups -OCH3 is 1. The molecule has 14 heavy (non-hydrogen) atoms. The van der Waals surface area contributed by atoms with E-state index in [9.17, 15) is 9.59 Å². The van der Waals surface area contributed by atoms with Crippen molar-refractivity contribution in [3.63, 3.8) is 0 Å². The van der Waals surface area contributed by atoms with Crippen molar-refractivity contribution in [2.24, 2.45) is 0 Å². The van der Waals surface area contributed by atoms with Crippen molar-refractivity contribution in [2.75, 3.05) is 7.11 Å². The number of aliphatic carboxylic acids is 1. The minimum atomic E-state index is -1.06. The summed E-state index contributed by atoms with van der Waals surface area (Å²) in [5.41, 5.74) is 0.407. The molecule has 0 radical (unpaired) electrons. The monoisotopic (exact) mass is 199 g/mol. The second-order valence-corrected chi connectivity index (χ2v) is 2.55. The fraction of sp³-hybridized carbons (Fsp3) is 0.333. The first-order valence-corrected chi connectivity index (χ1v) is 3.89. The summed E-state index contributed by atoms with van der Waals surface area (Å²) in [4.78, 5) is 21.3. The van der Waals surface area contributed by atoms with Gasteiger partial charge in [0.2, 0.25) is 0 Å². The van der Waals surface area contributed by atoms with E-state index in [-0.39, 0.29) is 0 Å². The number of carboxylic acid groups (broad SMARTS) is 1. The largest absolute Gasteiger partial charge is 0.479 e. The smallest absolute Gasteiger partial charge is 0.332 e. The molecule has 78 valence electrons. The number of carbonyl (C=O) groups excluding carboxylic acids is 1. The summed E-state index contributed by atoms with van der Waals surface area (Å²) in [6, 6.07) is -0.907. The van der Waals surface area contributed by atoms with Gasteiger partial charge in [0, 0.05) is 11.8 Å². The van der Waals surface area contributed by atoms with Gasteiger partial charge in [-0.1, -0.05) is 6.08 Å². The van der Waals surface area contributed by atoms with E-state index >= 15 is 0 Å². The zero-order valence-electron chi connectivity index (χ0n) is 8.11. The van der Waals surface area contributed by atoms with Gasteiger partial charge in [0.15, 0.2) is 0 Å². The van der Waals surface area contributed by atoms with E-state index in [1.807, 2.05) is 0 Å². The Hall–Kier alpha value is -1.78. The third kappa shape index (κ3) is 4.30. The summed E-state index contributed by atoms with van der Waals surface area (Å²) in [5, 5.41) is 11.2. The highest BCUT2D eigenvalue weighted by molar-refractivity contribution is 5.83. The van der Waals surface area contributed by atoms with Gasteiger partial charge in [-0.25, -0.2) is 9.59 Å². The minimum Gasteiger partial charge on any atom is -0.479 e. The Balaban J connectivity index is 4.35. The SMILES string of the molecule is C=CC(NC(C)=CC(=O)OC)C(=O)O. The molecule has 1 unspecified atom stereocenters. The standard InChI is InChI=1S/C9H13NO4/c1-4-7(9(12)13)10-6(2)5-8(11)14-3/h4-5,7,10H,1H2,2-3H3,(H,12,13). The Morgan fingerprint density at radius 3 is 2.50 bits per heavy atom. The molecule has 0 aromatic heterocycles. The van der Waals surface area contributed by atoms with Crippen LogP contribution in [0, 0.1) is 0 Å². The summed E-state index contributed by atoms with van der Waals surface area (Å²) in [5.74, 6) is -1.60. The van der Waals surface area contributed by atoms with E-state index < -0.39 is 18.0 Å². The first-order chi connectivity index (χ1) is 6.51. The van der Waals surface area contributed by atoms with Crippen LogP contribution in [0.5, 0.6) is 0 Å². The van der Waals surface area contributed by atoms with Crippen molar-refractivity contribution >= 4 is 11.9 Å². The van der Waals surface area contributed by atoms with Gasteiger partial charge in [-0.05, 0) is 6.92 Å². The van der Waals surface area contributed by atoms with E-state index in [1.54, 1.807) is 6.92 Å². The van der Waals surface area contributed by atoms with E-state index in [0.29, 0.717) is 5.70 Å². The summed E-state index contributed by atoms with van der Waals surface area (Å²) in [6.45, 7) is 4.91. The van der Waals surface area contributed by atoms with Crippen molar-refractivity contribution in [1.82, 2.24) is 5.32 Å². The number of ether oxygens (including phenoxy) is 1. The lowest BCUT2D eigenvalue weighted by atomic mass is 10.3. The van der Waals surface area contributed by atoms with Crippen molar-refractivity contribution < 1.29 is 19.4 Å². The summed E-state index contributed by atoms with van der Waals surface area (Å²) < 4.78 is 4.37. The first-order valence-electron chi connectivity index (χ1n) is 3.89. The van der Waals surface area contributed by atoms with Crippen LogP contribution in [-0.2, 0) is 14.3 Å². The fourth-order valence-corrected chi connectivity index (χ4v) is 0.744. The molecule has 0 spiro atoms. The van der Waals surface area contributed by atoms with Crippen LogP contribution in [0.3, 0.4) is 0 Å². The maximum atomic E-state index is 10.8. The number of allylic oxidation sites excluding steroid dienone is 1. The molecule has 0 bridgehead atoms. The molecular weight excluding hydrogens is 186 g/mol. The zero-order valence-corrected chi connectivity index (χ0v) is 8.11. The van der Waals surface area contributed by atoms with E-state index in [2.05, 4.69) is 16.6 Å². The van der Waals surface area contributed by atoms with Crippen molar-refractivity contribution in [2.45, 2.75) is 13.0 Å². The number of esters is 1. The number of rotatable bonds is 5. The number of hydrogen-bond acceptors (Lipinski definition) is 4. The second-order valence-electron chi connectivity index (χ2n) is 2.55. The number of carbonyl (C=O) groups is 2. The summed E-state index contributed by atoms with van der Waals surface area (Å²) in [6.07, 6.45) is 2.40. The highest BCUT2D eigenvalue weighted by Gasteiger charge is 2.12. The molecule has 0 heterocycles. The summed E-state index contributed by atoms with van der Waals surface area (Å²) in [7, 11) is 1.24. The number of hydrogen-bond donors (Lipinski definition) is 2. The molecule has 0 aromatic rings. The highest BCUT2D eigenvalue weighted by Crippen LogP contribution is 1.94. The average molecular weight is 199 g/mol. The van der Waals surface area contributed by atoms with Crippen molar-refractivity contribution in [1.29, 1.82) is 0 Å². The molecular formula is C9H13NO4. The van der Waals surface area contributed by atoms with E-state index in [1.165, 1.54) is 19.3 Å². The number of nitrogens with one attached hydrogen (secondary N) is 1. The zero-order chi connectivity index (χ0) is 11.1. The number of carboxylic acids is 1. The predicted molar refractivity (Wildman–Crippen MR) is 50.5 cm³/mol. The van der Waals surface area contributed by atoms with Crippen LogP contribution >= 0.6 is 0 Å². The molecule has 0 aliphatic heterocycles. The summed E-state index contributed by atoms with van der Waals surface area (Å²) >= 11 is 0. The minimum absolute atomic E-state index is 0.407. The molecule has 0 saturated carbocycles. The molecule has 0 aliphatic carbocycles. The third-order valence-electron chi connectivity index (χ3n) is 1.42. The van der Waals surface area contributed by atoms with Gasteiger partial charge in [0.1, 0.15) is 6.04 Å². The Kier molecular flexibility index (Phi) is 5.06. The Morgan fingerprint density at radius 2 is 2.14 bits per heavy atom. The van der Waals surface area contributed by atoms with Gasteiger partial charge in [-0.15, -0.1) is 6.58 Å². The fourth-order valence-electron chi connectivity index (χ4n) is 0.744. The molecule has 0 aliphatic rings. The molecule has 0 saturated heterocycles. The van der Waals surface area contributed by atoms with Gasteiger partial charge < -0.3 is 15.2 Å². The van der Waals surface area contributed by atoms with Gasteiger partial charge in [0.25, 0.3) is 0 Å². The first kappa shape index (κ1) is 12.2. The Morgan fingerprint density at radius 1 is 1.57 bits per heavy atom. The maximum Gasteiger partial charge on any atom is 0.332 e. The van der Waals surface area contributed by atoms with Crippen LogP contribution in [0.4, 0.5) is 0 Å². The Bertz CT molecular complexity index is 270. The van der Waals surface area contributed by atoms with Crippen LogP contribution in [0.15, 0.2) is 24.4 Å². The van der Waals surface area contributed by atoms with Crippen LogP contribution in [0.1, 0.15) is 6.92 Å². The lowest BCUT2D eigenvalue weighted by molar-refractivity contribution is -0.138. The van der Waals surface area contributed by atoms with Crippen LogP contribution in [-0.4, -0.2) is 30.2 Å². The second kappa shape index (κ2) is 5.80. The third-order valence-corrected chi connectivity index (χ3v) is 1.42. The van der Waals surface area contributed by atoms with E-state index in [0.717, 1.165) is 0 Å². The molecule has 0 amide bonds. The highest BCUT2D eigenvalue weighted by atomic mass is 16.5. The van der Waals surface area contributed by atoms with Gasteiger partial charge >= 0.3 is 11.9 Å². The topological polar surface area (TPSA) is 75.6 Å². The quantitative estimate of drug-likeness (QED) is 0.378. The predicted octanol–water partition coefficient (Wildman–Crippen LogP) is 0.292. The van der Waals surface area contributed by atoms with E-state index in [4.69, 9.17) is 5.11 Å². The van der Waals surface area contributed by atoms with Crippen LogP contribution in [0.25, 0.3) is 0 Å².